The predicted octanol–water partition coefficient (Wildman–Crippen LogP) is 3.16. The Morgan fingerprint density at radius 2 is 2.27 bits per heavy atom. The average Bonchev–Trinajstić information content (AvgIpc) is 2.19. The molecule has 1 aromatic carbocycles. The molecule has 0 unspecified atom stereocenters. The summed E-state index contributed by atoms with van der Waals surface area (Å²) in [6.45, 7) is 3.34. The van der Waals surface area contributed by atoms with Gasteiger partial charge in [0.1, 0.15) is 5.82 Å². The molecule has 3 nitrogen and oxygen atoms in total. The molecule has 0 amide bonds. The van der Waals surface area contributed by atoms with Crippen molar-refractivity contribution in [2.24, 2.45) is 0 Å². The number of allylic oxidation sites excluding steroid dienone is 1. The Morgan fingerprint density at radius 1 is 1.60 bits per heavy atom. The number of hydrogen-bond donors (Lipinski definition) is 0. The predicted molar refractivity (Wildman–Crippen MR) is 56.4 cm³/mol. The first-order valence-electron chi connectivity index (χ1n) is 4.65. The van der Waals surface area contributed by atoms with Gasteiger partial charge in [-0.2, -0.15) is 0 Å². The zero-order valence-corrected chi connectivity index (χ0v) is 8.66. The van der Waals surface area contributed by atoms with Gasteiger partial charge in [-0.15, -0.1) is 0 Å². The van der Waals surface area contributed by atoms with Crippen LogP contribution in [0.2, 0.25) is 0 Å². The molecule has 15 heavy (non-hydrogen) atoms. The third-order valence-corrected chi connectivity index (χ3v) is 2.13. The first-order chi connectivity index (χ1) is 7.04. The molecule has 0 radical (unpaired) electrons. The summed E-state index contributed by atoms with van der Waals surface area (Å²) in [4.78, 5) is 10.1. The van der Waals surface area contributed by atoms with Gasteiger partial charge < -0.3 is 0 Å². The highest BCUT2D eigenvalue weighted by atomic mass is 19.1. The van der Waals surface area contributed by atoms with E-state index in [4.69, 9.17) is 0 Å². The van der Waals surface area contributed by atoms with Crippen LogP contribution in [0.3, 0.4) is 0 Å². The molecule has 0 spiro atoms. The van der Waals surface area contributed by atoms with Crippen LogP contribution in [0.5, 0.6) is 0 Å². The van der Waals surface area contributed by atoms with Crippen LogP contribution in [-0.2, 0) is 0 Å². The summed E-state index contributed by atoms with van der Waals surface area (Å²) < 4.78 is 13.1. The first-order valence-corrected chi connectivity index (χ1v) is 4.65. The Labute approximate surface area is 87.4 Å². The summed E-state index contributed by atoms with van der Waals surface area (Å²) in [5.74, 6) is -0.345. The van der Waals surface area contributed by atoms with Gasteiger partial charge in [0.05, 0.1) is 4.92 Å². The van der Waals surface area contributed by atoms with Crippen LogP contribution in [0.1, 0.15) is 24.5 Å². The van der Waals surface area contributed by atoms with Crippen LogP contribution in [0, 0.1) is 22.9 Å². The molecule has 0 atom stereocenters. The number of aryl methyl sites for hydroxylation is 1. The molecule has 0 aromatic heterocycles. The first kappa shape index (κ1) is 11.4. The van der Waals surface area contributed by atoms with E-state index < -0.39 is 4.92 Å². The lowest BCUT2D eigenvalue weighted by Crippen LogP contribution is -1.96. The van der Waals surface area contributed by atoms with Crippen LogP contribution >= 0.6 is 0 Å². The number of nitro groups is 1. The van der Waals surface area contributed by atoms with Crippen molar-refractivity contribution >= 4 is 6.08 Å². The smallest absolute Gasteiger partial charge is 0.246 e. The van der Waals surface area contributed by atoms with E-state index in [0.717, 1.165) is 0 Å². The molecule has 80 valence electrons. The van der Waals surface area contributed by atoms with Crippen molar-refractivity contribution in [1.82, 2.24) is 0 Å². The zero-order valence-electron chi connectivity index (χ0n) is 8.66. The highest BCUT2D eigenvalue weighted by molar-refractivity contribution is 5.51. The second kappa shape index (κ2) is 4.68. The minimum atomic E-state index is -0.447. The van der Waals surface area contributed by atoms with Crippen LogP contribution in [0.4, 0.5) is 4.39 Å². The molecule has 1 aromatic rings. The summed E-state index contributed by atoms with van der Waals surface area (Å²) in [6.07, 6.45) is 1.71. The van der Waals surface area contributed by atoms with Crippen LogP contribution in [-0.4, -0.2) is 4.92 Å². The van der Waals surface area contributed by atoms with Gasteiger partial charge >= 0.3 is 0 Å². The van der Waals surface area contributed by atoms with E-state index in [0.29, 0.717) is 17.5 Å². The standard InChI is InChI=1S/C11H12FNO2/c1-3-10(13(14)15)6-9-5-4-8(2)11(12)7-9/h4-7H,3H2,1-2H3/b10-6-. The van der Waals surface area contributed by atoms with Crippen LogP contribution in [0.15, 0.2) is 23.9 Å². The van der Waals surface area contributed by atoms with E-state index in [1.807, 2.05) is 0 Å². The van der Waals surface area contributed by atoms with E-state index in [2.05, 4.69) is 0 Å². The summed E-state index contributed by atoms with van der Waals surface area (Å²) in [7, 11) is 0. The van der Waals surface area contributed by atoms with Crippen molar-refractivity contribution in [3.05, 3.63) is 51.0 Å². The molecule has 0 aliphatic rings. The van der Waals surface area contributed by atoms with Crippen molar-refractivity contribution in [2.45, 2.75) is 20.3 Å². The Hall–Kier alpha value is -1.71. The Kier molecular flexibility index (Phi) is 3.55. The highest BCUT2D eigenvalue weighted by Crippen LogP contribution is 2.14. The van der Waals surface area contributed by atoms with Gasteiger partial charge in [0.15, 0.2) is 0 Å². The molecular formula is C11H12FNO2. The fourth-order valence-electron chi connectivity index (χ4n) is 1.18. The normalized spacial score (nSPS) is 11.5. The quantitative estimate of drug-likeness (QED) is 0.566. The van der Waals surface area contributed by atoms with E-state index in [9.17, 15) is 14.5 Å². The number of benzene rings is 1. The molecule has 0 fully saturated rings. The Balaban J connectivity index is 3.07. The Morgan fingerprint density at radius 3 is 2.73 bits per heavy atom. The van der Waals surface area contributed by atoms with Crippen molar-refractivity contribution in [3.8, 4) is 0 Å². The zero-order chi connectivity index (χ0) is 11.4. The van der Waals surface area contributed by atoms with Gasteiger partial charge in [-0.3, -0.25) is 10.1 Å². The maximum atomic E-state index is 13.1. The van der Waals surface area contributed by atoms with Crippen LogP contribution < -0.4 is 0 Å². The van der Waals surface area contributed by atoms with E-state index in [1.165, 1.54) is 12.1 Å². The lowest BCUT2D eigenvalue weighted by Gasteiger charge is -1.98. The number of halogens is 1. The molecule has 0 aliphatic carbocycles. The van der Waals surface area contributed by atoms with Gasteiger partial charge in [-0.05, 0) is 24.1 Å². The molecule has 1 rings (SSSR count). The highest BCUT2D eigenvalue weighted by Gasteiger charge is 2.07. The lowest BCUT2D eigenvalue weighted by atomic mass is 10.1. The summed E-state index contributed by atoms with van der Waals surface area (Å²) in [5.41, 5.74) is 1.14. The second-order valence-electron chi connectivity index (χ2n) is 3.25. The SMILES string of the molecule is CC/C(=C/c1ccc(C)c(F)c1)[N+](=O)[O-]. The van der Waals surface area contributed by atoms with Gasteiger partial charge in [0, 0.05) is 12.5 Å². The molecule has 0 aliphatic heterocycles. The minimum Gasteiger partial charge on any atom is -0.259 e. The number of hydrogen-bond acceptors (Lipinski definition) is 2. The van der Waals surface area contributed by atoms with Gasteiger partial charge in [0.2, 0.25) is 5.70 Å². The monoisotopic (exact) mass is 209 g/mol. The van der Waals surface area contributed by atoms with Crippen molar-refractivity contribution < 1.29 is 9.31 Å². The molecule has 0 saturated carbocycles. The average molecular weight is 209 g/mol. The van der Waals surface area contributed by atoms with Crippen molar-refractivity contribution in [1.29, 1.82) is 0 Å². The van der Waals surface area contributed by atoms with Gasteiger partial charge in [-0.1, -0.05) is 19.1 Å². The fourth-order valence-corrected chi connectivity index (χ4v) is 1.18. The minimum absolute atomic E-state index is 0.0817. The third-order valence-electron chi connectivity index (χ3n) is 2.13. The maximum absolute atomic E-state index is 13.1. The summed E-state index contributed by atoms with van der Waals surface area (Å²) in [5, 5.41) is 10.5. The van der Waals surface area contributed by atoms with E-state index >= 15 is 0 Å². The molecule has 0 N–H and O–H groups in total. The summed E-state index contributed by atoms with van der Waals surface area (Å²) in [6, 6.07) is 4.57. The van der Waals surface area contributed by atoms with Gasteiger partial charge in [-0.25, -0.2) is 4.39 Å². The number of rotatable bonds is 3. The second-order valence-corrected chi connectivity index (χ2v) is 3.25. The molecule has 0 saturated heterocycles. The van der Waals surface area contributed by atoms with E-state index in [1.54, 1.807) is 26.0 Å². The third kappa shape index (κ3) is 2.87. The fraction of sp³-hybridized carbons (Fsp3) is 0.273. The molecule has 0 bridgehead atoms. The topological polar surface area (TPSA) is 43.1 Å². The van der Waals surface area contributed by atoms with Gasteiger partial charge in [0.25, 0.3) is 0 Å². The maximum Gasteiger partial charge on any atom is 0.246 e. The van der Waals surface area contributed by atoms with Crippen molar-refractivity contribution in [3.63, 3.8) is 0 Å². The molecule has 4 heteroatoms. The number of nitrogens with zero attached hydrogens (tertiary/aromatic N) is 1. The van der Waals surface area contributed by atoms with Crippen LogP contribution in [0.25, 0.3) is 6.08 Å². The summed E-state index contributed by atoms with van der Waals surface area (Å²) >= 11 is 0. The van der Waals surface area contributed by atoms with E-state index in [-0.39, 0.29) is 11.5 Å². The largest absolute Gasteiger partial charge is 0.259 e. The molecule has 0 heterocycles. The Bertz CT molecular complexity index is 413. The molecular weight excluding hydrogens is 197 g/mol. The lowest BCUT2D eigenvalue weighted by molar-refractivity contribution is -0.425. The van der Waals surface area contributed by atoms with Crippen molar-refractivity contribution in [2.75, 3.05) is 0 Å².